The van der Waals surface area contributed by atoms with Gasteiger partial charge in [-0.3, -0.25) is 14.8 Å². The van der Waals surface area contributed by atoms with E-state index < -0.39 is 14.9 Å². The maximum absolute atomic E-state index is 12.6. The van der Waals surface area contributed by atoms with E-state index in [-0.39, 0.29) is 22.9 Å². The zero-order chi connectivity index (χ0) is 19.3. The van der Waals surface area contributed by atoms with E-state index in [2.05, 4.69) is 4.72 Å². The average Bonchev–Trinajstić information content (AvgIpc) is 2.68. The summed E-state index contributed by atoms with van der Waals surface area (Å²) in [7, 11) is -4.01. The molecule has 1 N–H and O–H groups in total. The van der Waals surface area contributed by atoms with Crippen LogP contribution in [0.2, 0.25) is 0 Å². The molecule has 0 unspecified atom stereocenters. The first-order chi connectivity index (χ1) is 13.0. The molecule has 8 heteroatoms. The molecule has 138 valence electrons. The van der Waals surface area contributed by atoms with E-state index in [0.29, 0.717) is 5.75 Å². The fourth-order valence-corrected chi connectivity index (χ4v) is 3.49. The van der Waals surface area contributed by atoms with Gasteiger partial charge in [0.05, 0.1) is 15.5 Å². The Bertz CT molecular complexity index is 1050. The third-order valence-electron chi connectivity index (χ3n) is 3.71. The van der Waals surface area contributed by atoms with Gasteiger partial charge in [-0.2, -0.15) is 0 Å². The van der Waals surface area contributed by atoms with Crippen molar-refractivity contribution in [1.82, 2.24) is 0 Å². The molecule has 0 aliphatic carbocycles. The summed E-state index contributed by atoms with van der Waals surface area (Å²) >= 11 is 0. The zero-order valence-corrected chi connectivity index (χ0v) is 14.9. The topological polar surface area (TPSA) is 98.5 Å². The first kappa shape index (κ1) is 18.4. The Balaban J connectivity index is 1.83. The van der Waals surface area contributed by atoms with Crippen LogP contribution in [0.4, 0.5) is 11.4 Å². The van der Waals surface area contributed by atoms with Crippen LogP contribution in [-0.4, -0.2) is 13.3 Å². The molecule has 3 rings (SSSR count). The second-order valence-corrected chi connectivity index (χ2v) is 7.31. The standard InChI is InChI=1S/C19H16N2O5S/c22-21(23)16-9-6-10-17(13-16)27(24,25)20-18-11-4-5-12-19(18)26-14-15-7-2-1-3-8-15/h1-13,20H,14H2. The van der Waals surface area contributed by atoms with E-state index in [1.54, 1.807) is 24.3 Å². The molecule has 7 nitrogen and oxygen atoms in total. The predicted octanol–water partition coefficient (Wildman–Crippen LogP) is 3.97. The molecule has 0 spiro atoms. The van der Waals surface area contributed by atoms with Crippen LogP contribution in [0.3, 0.4) is 0 Å². The average molecular weight is 384 g/mol. The van der Waals surface area contributed by atoms with Crippen LogP contribution in [0.15, 0.2) is 83.8 Å². The van der Waals surface area contributed by atoms with Crippen molar-refractivity contribution in [2.75, 3.05) is 4.72 Å². The number of non-ortho nitro benzene ring substituents is 1. The minimum absolute atomic E-state index is 0.199. The number of hydrogen-bond acceptors (Lipinski definition) is 5. The summed E-state index contributed by atoms with van der Waals surface area (Å²) in [5, 5.41) is 10.9. The van der Waals surface area contributed by atoms with Crippen molar-refractivity contribution in [3.05, 3.63) is 94.5 Å². The normalized spacial score (nSPS) is 11.0. The van der Waals surface area contributed by atoms with Crippen LogP contribution in [0.25, 0.3) is 0 Å². The molecule has 0 saturated carbocycles. The van der Waals surface area contributed by atoms with E-state index in [1.807, 2.05) is 30.3 Å². The highest BCUT2D eigenvalue weighted by molar-refractivity contribution is 7.92. The largest absolute Gasteiger partial charge is 0.487 e. The van der Waals surface area contributed by atoms with E-state index >= 15 is 0 Å². The Hall–Kier alpha value is -3.39. The lowest BCUT2D eigenvalue weighted by atomic mass is 10.2. The van der Waals surface area contributed by atoms with Crippen molar-refractivity contribution in [2.24, 2.45) is 0 Å². The van der Waals surface area contributed by atoms with E-state index in [9.17, 15) is 18.5 Å². The fraction of sp³-hybridized carbons (Fsp3) is 0.0526. The van der Waals surface area contributed by atoms with Gasteiger partial charge in [0.15, 0.2) is 0 Å². The highest BCUT2D eigenvalue weighted by Gasteiger charge is 2.19. The molecule has 0 aromatic heterocycles. The molecule has 0 radical (unpaired) electrons. The van der Waals surface area contributed by atoms with Gasteiger partial charge in [-0.15, -0.1) is 0 Å². The summed E-state index contributed by atoms with van der Waals surface area (Å²) in [5.41, 5.74) is 0.889. The molecular weight excluding hydrogens is 368 g/mol. The summed E-state index contributed by atoms with van der Waals surface area (Å²) < 4.78 is 33.4. The third-order valence-corrected chi connectivity index (χ3v) is 5.07. The first-order valence-electron chi connectivity index (χ1n) is 7.99. The monoisotopic (exact) mass is 384 g/mol. The van der Waals surface area contributed by atoms with Crippen LogP contribution < -0.4 is 9.46 Å². The van der Waals surface area contributed by atoms with Gasteiger partial charge in [0.1, 0.15) is 12.4 Å². The molecule has 27 heavy (non-hydrogen) atoms. The Labute approximate surface area is 156 Å². The SMILES string of the molecule is O=[N+]([O-])c1cccc(S(=O)(=O)Nc2ccccc2OCc2ccccc2)c1. The number of anilines is 1. The minimum atomic E-state index is -4.01. The van der Waals surface area contributed by atoms with Gasteiger partial charge in [0, 0.05) is 12.1 Å². The molecule has 0 atom stereocenters. The van der Waals surface area contributed by atoms with Crippen molar-refractivity contribution >= 4 is 21.4 Å². The number of para-hydroxylation sites is 2. The number of rotatable bonds is 7. The quantitative estimate of drug-likeness (QED) is 0.491. The highest BCUT2D eigenvalue weighted by Crippen LogP contribution is 2.28. The van der Waals surface area contributed by atoms with Gasteiger partial charge < -0.3 is 4.74 Å². The van der Waals surface area contributed by atoms with Gasteiger partial charge in [-0.05, 0) is 23.8 Å². The maximum Gasteiger partial charge on any atom is 0.270 e. The number of nitrogens with zero attached hydrogens (tertiary/aromatic N) is 1. The second-order valence-electron chi connectivity index (χ2n) is 5.63. The lowest BCUT2D eigenvalue weighted by Gasteiger charge is -2.13. The van der Waals surface area contributed by atoms with Gasteiger partial charge in [-0.1, -0.05) is 48.5 Å². The number of ether oxygens (including phenoxy) is 1. The lowest BCUT2D eigenvalue weighted by molar-refractivity contribution is -0.385. The fourth-order valence-electron chi connectivity index (χ4n) is 2.38. The van der Waals surface area contributed by atoms with Gasteiger partial charge >= 0.3 is 0 Å². The summed E-state index contributed by atoms with van der Waals surface area (Å²) in [5.74, 6) is 0.357. The summed E-state index contributed by atoms with van der Waals surface area (Å²) in [6.45, 7) is 0.274. The zero-order valence-electron chi connectivity index (χ0n) is 14.1. The smallest absolute Gasteiger partial charge is 0.270 e. The van der Waals surface area contributed by atoms with Crippen LogP contribution >= 0.6 is 0 Å². The Kier molecular flexibility index (Phi) is 5.37. The van der Waals surface area contributed by atoms with Crippen LogP contribution in [0.5, 0.6) is 5.75 Å². The summed E-state index contributed by atoms with van der Waals surface area (Å²) in [4.78, 5) is 10.0. The minimum Gasteiger partial charge on any atom is -0.487 e. The molecular formula is C19H16N2O5S. The van der Waals surface area contributed by atoms with E-state index in [1.165, 1.54) is 18.2 Å². The van der Waals surface area contributed by atoms with Crippen molar-refractivity contribution in [3.8, 4) is 5.75 Å². The second kappa shape index (κ2) is 7.88. The Morgan fingerprint density at radius 2 is 1.63 bits per heavy atom. The van der Waals surface area contributed by atoms with Gasteiger partial charge in [-0.25, -0.2) is 8.42 Å². The molecule has 0 heterocycles. The Morgan fingerprint density at radius 1 is 0.926 bits per heavy atom. The van der Waals surface area contributed by atoms with Crippen molar-refractivity contribution in [2.45, 2.75) is 11.5 Å². The molecule has 0 bridgehead atoms. The Morgan fingerprint density at radius 3 is 2.37 bits per heavy atom. The van der Waals surface area contributed by atoms with Crippen molar-refractivity contribution in [1.29, 1.82) is 0 Å². The predicted molar refractivity (Wildman–Crippen MR) is 101 cm³/mol. The first-order valence-corrected chi connectivity index (χ1v) is 9.47. The number of nitro groups is 1. The summed E-state index contributed by atoms with van der Waals surface area (Å²) in [6.07, 6.45) is 0. The molecule has 3 aromatic rings. The van der Waals surface area contributed by atoms with E-state index in [4.69, 9.17) is 4.74 Å². The molecule has 3 aromatic carbocycles. The van der Waals surface area contributed by atoms with Crippen molar-refractivity contribution < 1.29 is 18.1 Å². The molecule has 0 amide bonds. The summed E-state index contributed by atoms with van der Waals surface area (Å²) in [6, 6.07) is 20.9. The lowest BCUT2D eigenvalue weighted by Crippen LogP contribution is -2.14. The van der Waals surface area contributed by atoms with Gasteiger partial charge in [0.25, 0.3) is 15.7 Å². The van der Waals surface area contributed by atoms with Gasteiger partial charge in [0.2, 0.25) is 0 Å². The number of benzene rings is 3. The number of sulfonamides is 1. The van der Waals surface area contributed by atoms with Crippen LogP contribution in [0.1, 0.15) is 5.56 Å². The molecule has 0 aliphatic rings. The van der Waals surface area contributed by atoms with Crippen LogP contribution in [-0.2, 0) is 16.6 Å². The van der Waals surface area contributed by atoms with Crippen molar-refractivity contribution in [3.63, 3.8) is 0 Å². The number of nitrogens with one attached hydrogen (secondary N) is 1. The number of nitro benzene ring substituents is 1. The molecule has 0 saturated heterocycles. The highest BCUT2D eigenvalue weighted by atomic mass is 32.2. The number of hydrogen-bond donors (Lipinski definition) is 1. The van der Waals surface area contributed by atoms with E-state index in [0.717, 1.165) is 11.6 Å². The third kappa shape index (κ3) is 4.62. The maximum atomic E-state index is 12.6. The molecule has 0 aliphatic heterocycles. The molecule has 0 fully saturated rings. The van der Waals surface area contributed by atoms with Crippen LogP contribution in [0, 0.1) is 10.1 Å².